The molecule has 4 aromatic carbocycles. The Morgan fingerprint density at radius 3 is 1.68 bits per heavy atom. The molecule has 0 aromatic heterocycles. The second-order valence-corrected chi connectivity index (χ2v) is 7.67. The van der Waals surface area contributed by atoms with Gasteiger partial charge in [0.2, 0.25) is 0 Å². The molecule has 4 aromatic rings. The Hall–Kier alpha value is -5.07. The lowest BCUT2D eigenvalue weighted by atomic mass is 9.76. The summed E-state index contributed by atoms with van der Waals surface area (Å²) in [5.41, 5.74) is 2.78. The largest absolute Gasteiger partial charge is 0.388 e. The van der Waals surface area contributed by atoms with Crippen LogP contribution in [0.4, 0.5) is 5.69 Å². The van der Waals surface area contributed by atoms with E-state index in [0.29, 0.717) is 17.1 Å². The van der Waals surface area contributed by atoms with Gasteiger partial charge in [-0.25, -0.2) is 0 Å². The van der Waals surface area contributed by atoms with Crippen LogP contribution in [0.2, 0.25) is 0 Å². The molecule has 0 spiro atoms. The minimum atomic E-state index is -1.01. The molecule has 162 valence electrons. The molecule has 6 heteroatoms. The summed E-state index contributed by atoms with van der Waals surface area (Å²) in [7, 11) is 0. The maximum atomic E-state index is 13.9. The highest BCUT2D eigenvalue weighted by Gasteiger charge is 2.52. The molecule has 1 amide bonds. The van der Waals surface area contributed by atoms with E-state index >= 15 is 0 Å². The van der Waals surface area contributed by atoms with Crippen LogP contribution in [0.5, 0.6) is 11.5 Å². The minimum Gasteiger partial charge on any atom is -0.388 e. The van der Waals surface area contributed by atoms with Gasteiger partial charge in [0.05, 0.1) is 0 Å². The molecule has 0 saturated heterocycles. The zero-order chi connectivity index (χ0) is 23.5. The minimum absolute atomic E-state index is 0.128. The Balaban J connectivity index is 1.84. The van der Waals surface area contributed by atoms with Gasteiger partial charge >= 0.3 is 0 Å². The predicted octanol–water partition coefficient (Wildman–Crippen LogP) is 5.36. The Morgan fingerprint density at radius 2 is 1.15 bits per heavy atom. The first-order valence-electron chi connectivity index (χ1n) is 10.5. The Bertz CT molecular complexity index is 1370. The van der Waals surface area contributed by atoms with E-state index in [9.17, 15) is 4.79 Å². The molecule has 0 atom stereocenters. The molecular weight excluding hydrogens is 426 g/mol. The van der Waals surface area contributed by atoms with Gasteiger partial charge in [0, 0.05) is 11.3 Å². The number of anilines is 1. The number of hydrogen-bond acceptors (Lipinski definition) is 5. The van der Waals surface area contributed by atoms with Crippen molar-refractivity contribution in [2.75, 3.05) is 4.90 Å². The quantitative estimate of drug-likeness (QED) is 0.388. The summed E-state index contributed by atoms with van der Waals surface area (Å²) >= 11 is 0. The van der Waals surface area contributed by atoms with Crippen molar-refractivity contribution in [3.8, 4) is 24.0 Å². The topological polar surface area (TPSA) is 86.3 Å². The molecule has 0 N–H and O–H groups in total. The molecule has 0 aliphatic carbocycles. The van der Waals surface area contributed by atoms with E-state index in [1.807, 2.05) is 78.9 Å². The summed E-state index contributed by atoms with van der Waals surface area (Å²) in [4.78, 5) is 15.7. The fourth-order valence-corrected chi connectivity index (χ4v) is 4.64. The number of para-hydroxylation sites is 1. The molecule has 0 fully saturated rings. The molecule has 0 unspecified atom stereocenters. The number of fused-ring (bicyclic) bond motifs is 1. The maximum Gasteiger partial charge on any atom is 0.292 e. The maximum absolute atomic E-state index is 13.9. The average Bonchev–Trinajstić information content (AvgIpc) is 3.15. The van der Waals surface area contributed by atoms with Crippen LogP contribution < -0.4 is 14.4 Å². The summed E-state index contributed by atoms with van der Waals surface area (Å²) in [6.07, 6.45) is 3.37. The molecule has 0 radical (unpaired) electrons. The van der Waals surface area contributed by atoms with Gasteiger partial charge in [0.1, 0.15) is 17.0 Å². The summed E-state index contributed by atoms with van der Waals surface area (Å²) in [5.74, 6) is 0.683. The van der Waals surface area contributed by atoms with Crippen molar-refractivity contribution < 1.29 is 14.3 Å². The van der Waals surface area contributed by atoms with Crippen molar-refractivity contribution >= 4 is 11.6 Å². The van der Waals surface area contributed by atoms with Crippen molar-refractivity contribution in [3.63, 3.8) is 0 Å². The van der Waals surface area contributed by atoms with E-state index in [2.05, 4.69) is 0 Å². The van der Waals surface area contributed by atoms with Crippen molar-refractivity contribution in [3.05, 3.63) is 125 Å². The summed E-state index contributed by atoms with van der Waals surface area (Å²) in [6.45, 7) is 0. The zero-order valence-corrected chi connectivity index (χ0v) is 17.9. The van der Waals surface area contributed by atoms with Crippen LogP contribution in [-0.4, -0.2) is 5.91 Å². The average molecular weight is 443 g/mol. The third-order valence-electron chi connectivity index (χ3n) is 5.97. The fourth-order valence-electron chi connectivity index (χ4n) is 4.64. The lowest BCUT2D eigenvalue weighted by molar-refractivity contribution is 0.0986. The lowest BCUT2D eigenvalue weighted by Crippen LogP contribution is -2.46. The number of nitrogens with zero attached hydrogens (tertiary/aromatic N) is 3. The van der Waals surface area contributed by atoms with Crippen molar-refractivity contribution in [2.24, 2.45) is 0 Å². The number of rotatable bonds is 5. The molecule has 1 heterocycles. The van der Waals surface area contributed by atoms with E-state index in [-0.39, 0.29) is 5.91 Å². The Morgan fingerprint density at radius 1 is 0.647 bits per heavy atom. The van der Waals surface area contributed by atoms with Crippen LogP contribution in [0.25, 0.3) is 0 Å². The monoisotopic (exact) mass is 443 g/mol. The number of hydrogen-bond donors (Lipinski definition) is 0. The molecule has 0 bridgehead atoms. The van der Waals surface area contributed by atoms with E-state index in [1.165, 1.54) is 0 Å². The van der Waals surface area contributed by atoms with Gasteiger partial charge in [-0.3, -0.25) is 9.69 Å². The first-order chi connectivity index (χ1) is 16.7. The van der Waals surface area contributed by atoms with E-state index in [1.54, 1.807) is 41.7 Å². The van der Waals surface area contributed by atoms with Gasteiger partial charge < -0.3 is 9.47 Å². The normalized spacial score (nSPS) is 13.5. The zero-order valence-electron chi connectivity index (χ0n) is 17.9. The second kappa shape index (κ2) is 8.46. The number of carbonyl (C=O) groups is 1. The molecule has 5 rings (SSSR count). The standard InChI is InChI=1S/C28H17N3O3/c29-18-33-23-14-10-20(11-15-23)28(21-12-16-24(17-13-21)34-19-30)26-9-5-4-8-25(26)27(32)31(28)22-6-2-1-3-7-22/h1-17H. The summed E-state index contributed by atoms with van der Waals surface area (Å²) < 4.78 is 9.97. The lowest BCUT2D eigenvalue weighted by Gasteiger charge is -2.40. The number of carbonyl (C=O) groups excluding carboxylic acids is 1. The third kappa shape index (κ3) is 3.14. The van der Waals surface area contributed by atoms with Crippen LogP contribution in [0.3, 0.4) is 0 Å². The van der Waals surface area contributed by atoms with Crippen molar-refractivity contribution in [1.82, 2.24) is 0 Å². The van der Waals surface area contributed by atoms with E-state index < -0.39 is 5.54 Å². The van der Waals surface area contributed by atoms with Gasteiger partial charge in [0.25, 0.3) is 18.4 Å². The molecule has 1 aliphatic heterocycles. The first kappa shape index (κ1) is 20.8. The number of ether oxygens (including phenoxy) is 2. The number of nitriles is 2. The Labute approximate surface area is 196 Å². The van der Waals surface area contributed by atoms with Gasteiger partial charge in [-0.15, -0.1) is 10.5 Å². The summed E-state index contributed by atoms with van der Waals surface area (Å²) in [6, 6.07) is 31.3. The Kier molecular flexibility index (Phi) is 5.18. The van der Waals surface area contributed by atoms with Crippen LogP contribution in [-0.2, 0) is 5.54 Å². The summed E-state index contributed by atoms with van der Waals surface area (Å²) in [5, 5.41) is 17.8. The van der Waals surface area contributed by atoms with Crippen LogP contribution in [0.15, 0.2) is 103 Å². The fraction of sp³-hybridized carbons (Fsp3) is 0.0357. The van der Waals surface area contributed by atoms with Gasteiger partial charge in [-0.05, 0) is 59.2 Å². The third-order valence-corrected chi connectivity index (χ3v) is 5.97. The molecule has 1 aliphatic rings. The van der Waals surface area contributed by atoms with Crippen molar-refractivity contribution in [2.45, 2.75) is 5.54 Å². The van der Waals surface area contributed by atoms with E-state index in [4.69, 9.17) is 20.0 Å². The van der Waals surface area contributed by atoms with Crippen LogP contribution >= 0.6 is 0 Å². The van der Waals surface area contributed by atoms with Gasteiger partial charge in [0.15, 0.2) is 0 Å². The van der Waals surface area contributed by atoms with Crippen LogP contribution in [0.1, 0.15) is 27.0 Å². The van der Waals surface area contributed by atoms with Gasteiger partial charge in [-0.2, -0.15) is 0 Å². The van der Waals surface area contributed by atoms with E-state index in [0.717, 1.165) is 22.4 Å². The number of benzene rings is 4. The van der Waals surface area contributed by atoms with Crippen molar-refractivity contribution in [1.29, 1.82) is 10.5 Å². The smallest absolute Gasteiger partial charge is 0.292 e. The first-order valence-corrected chi connectivity index (χ1v) is 10.5. The number of amides is 1. The molecular formula is C28H17N3O3. The molecule has 0 saturated carbocycles. The van der Waals surface area contributed by atoms with Gasteiger partial charge in [-0.1, -0.05) is 60.7 Å². The molecule has 34 heavy (non-hydrogen) atoms. The predicted molar refractivity (Wildman–Crippen MR) is 125 cm³/mol. The van der Waals surface area contributed by atoms with Crippen LogP contribution in [0, 0.1) is 23.0 Å². The highest BCUT2D eigenvalue weighted by Crippen LogP contribution is 2.51. The highest BCUT2D eigenvalue weighted by molar-refractivity contribution is 6.13. The highest BCUT2D eigenvalue weighted by atomic mass is 16.5. The molecule has 6 nitrogen and oxygen atoms in total. The SMILES string of the molecule is N#COc1ccc(C2(c3ccc(OC#N)cc3)c3ccccc3C(=O)N2c2ccccc2)cc1. The second-order valence-electron chi connectivity index (χ2n) is 7.67.